The first-order valence-electron chi connectivity index (χ1n) is 6.40. The van der Waals surface area contributed by atoms with Crippen molar-refractivity contribution in [2.45, 2.75) is 13.8 Å². The molecule has 0 saturated heterocycles. The van der Waals surface area contributed by atoms with E-state index in [1.807, 2.05) is 6.92 Å². The molecule has 5 heteroatoms. The van der Waals surface area contributed by atoms with Crippen LogP contribution >= 0.6 is 0 Å². The summed E-state index contributed by atoms with van der Waals surface area (Å²) in [7, 11) is 0. The van der Waals surface area contributed by atoms with E-state index in [2.05, 4.69) is 11.2 Å². The zero-order valence-electron chi connectivity index (χ0n) is 11.9. The van der Waals surface area contributed by atoms with Gasteiger partial charge in [0.25, 0.3) is 5.91 Å². The number of fused-ring (bicyclic) bond motifs is 1. The molecule has 0 unspecified atom stereocenters. The van der Waals surface area contributed by atoms with E-state index in [4.69, 9.17) is 15.6 Å². The second-order valence-corrected chi connectivity index (χ2v) is 4.58. The molecule has 21 heavy (non-hydrogen) atoms. The van der Waals surface area contributed by atoms with Gasteiger partial charge in [-0.1, -0.05) is 5.92 Å². The lowest BCUT2D eigenvalue weighted by Crippen LogP contribution is -2.29. The topological polar surface area (TPSA) is 68.5 Å². The van der Waals surface area contributed by atoms with Gasteiger partial charge in [-0.15, -0.1) is 6.42 Å². The Bertz CT molecular complexity index is 783. The molecule has 0 radical (unpaired) electrons. The van der Waals surface area contributed by atoms with Gasteiger partial charge in [0.1, 0.15) is 11.3 Å². The molecule has 2 aromatic rings. The molecular formula is C16H15NO4. The van der Waals surface area contributed by atoms with E-state index in [9.17, 15) is 9.59 Å². The van der Waals surface area contributed by atoms with E-state index in [0.29, 0.717) is 16.9 Å². The number of hydrogen-bond acceptors (Lipinski definition) is 4. The maximum Gasteiger partial charge on any atom is 0.336 e. The molecule has 0 aliphatic carbocycles. The second-order valence-electron chi connectivity index (χ2n) is 4.58. The minimum atomic E-state index is -0.410. The van der Waals surface area contributed by atoms with E-state index in [1.165, 1.54) is 6.07 Å². The van der Waals surface area contributed by atoms with Gasteiger partial charge < -0.3 is 14.5 Å². The molecule has 0 aliphatic rings. The van der Waals surface area contributed by atoms with Gasteiger partial charge in [0.05, 0.1) is 6.54 Å². The molecule has 1 aromatic carbocycles. The van der Waals surface area contributed by atoms with Crippen molar-refractivity contribution in [1.29, 1.82) is 0 Å². The molecule has 0 spiro atoms. The van der Waals surface area contributed by atoms with Crippen molar-refractivity contribution in [2.24, 2.45) is 0 Å². The van der Waals surface area contributed by atoms with Crippen molar-refractivity contribution >= 4 is 16.9 Å². The number of carbonyl (C=O) groups is 1. The Morgan fingerprint density at radius 1 is 1.43 bits per heavy atom. The van der Waals surface area contributed by atoms with Crippen LogP contribution in [0.4, 0.5) is 0 Å². The lowest BCUT2D eigenvalue weighted by atomic mass is 10.1. The summed E-state index contributed by atoms with van der Waals surface area (Å²) >= 11 is 0. The molecule has 0 bridgehead atoms. The number of hydrogen-bond donors (Lipinski definition) is 1. The normalized spacial score (nSPS) is 10.1. The van der Waals surface area contributed by atoms with Gasteiger partial charge in [0, 0.05) is 17.0 Å². The summed E-state index contributed by atoms with van der Waals surface area (Å²) in [5.74, 6) is 2.49. The highest BCUT2D eigenvalue weighted by atomic mass is 16.5. The minimum absolute atomic E-state index is 0.149. The van der Waals surface area contributed by atoms with Gasteiger partial charge in [0.15, 0.2) is 6.61 Å². The van der Waals surface area contributed by atoms with Crippen molar-refractivity contribution in [2.75, 3.05) is 13.2 Å². The highest BCUT2D eigenvalue weighted by Gasteiger charge is 2.11. The lowest BCUT2D eigenvalue weighted by molar-refractivity contribution is -0.122. The summed E-state index contributed by atoms with van der Waals surface area (Å²) in [4.78, 5) is 22.9. The zero-order chi connectivity index (χ0) is 15.4. The molecule has 0 aliphatic heterocycles. The van der Waals surface area contributed by atoms with Crippen LogP contribution in [0.5, 0.6) is 5.75 Å². The van der Waals surface area contributed by atoms with Crippen molar-refractivity contribution < 1.29 is 13.9 Å². The first-order valence-corrected chi connectivity index (χ1v) is 6.40. The van der Waals surface area contributed by atoms with Crippen LogP contribution in [0.2, 0.25) is 0 Å². The van der Waals surface area contributed by atoms with Crippen LogP contribution in [0.3, 0.4) is 0 Å². The molecule has 1 amide bonds. The molecular weight excluding hydrogens is 270 g/mol. The molecule has 0 saturated carbocycles. The monoisotopic (exact) mass is 285 g/mol. The average molecular weight is 285 g/mol. The second kappa shape index (κ2) is 6.14. The summed E-state index contributed by atoms with van der Waals surface area (Å²) in [6.07, 6.45) is 5.05. The highest BCUT2D eigenvalue weighted by Crippen LogP contribution is 2.27. The number of carbonyl (C=O) groups excluding carboxylic acids is 1. The fourth-order valence-corrected chi connectivity index (χ4v) is 2.00. The van der Waals surface area contributed by atoms with E-state index in [0.717, 1.165) is 10.9 Å². The summed E-state index contributed by atoms with van der Waals surface area (Å²) in [6, 6.07) is 4.99. The molecule has 1 N–H and O–H groups in total. The maximum absolute atomic E-state index is 11.5. The quantitative estimate of drug-likeness (QED) is 0.683. The Balaban J connectivity index is 2.26. The number of rotatable bonds is 4. The predicted octanol–water partition coefficient (Wildman–Crippen LogP) is 1.54. The summed E-state index contributed by atoms with van der Waals surface area (Å²) in [5, 5.41) is 3.35. The number of nitrogens with one attached hydrogen (secondary N) is 1. The summed E-state index contributed by atoms with van der Waals surface area (Å²) in [5.41, 5.74) is 1.58. The number of ether oxygens (including phenoxy) is 1. The molecule has 0 fully saturated rings. The molecule has 1 heterocycles. The van der Waals surface area contributed by atoms with Crippen LogP contribution in [0.1, 0.15) is 11.1 Å². The SMILES string of the molecule is C#CCNC(=O)COc1ccc2c(C)cc(=O)oc2c1C. The van der Waals surface area contributed by atoms with E-state index in [1.54, 1.807) is 19.1 Å². The van der Waals surface area contributed by atoms with Gasteiger partial charge in [-0.2, -0.15) is 0 Å². The smallest absolute Gasteiger partial charge is 0.336 e. The maximum atomic E-state index is 11.5. The molecule has 5 nitrogen and oxygen atoms in total. The standard InChI is InChI=1S/C16H15NO4/c1-4-7-17-14(18)9-20-13-6-5-12-10(2)8-15(19)21-16(12)11(13)3/h1,5-6,8H,7,9H2,2-3H3,(H,17,18). The highest BCUT2D eigenvalue weighted by molar-refractivity contribution is 5.85. The van der Waals surface area contributed by atoms with Gasteiger partial charge in [-0.3, -0.25) is 4.79 Å². The van der Waals surface area contributed by atoms with Crippen molar-refractivity contribution in [3.8, 4) is 18.1 Å². The third-order valence-corrected chi connectivity index (χ3v) is 3.06. The van der Waals surface area contributed by atoms with E-state index in [-0.39, 0.29) is 19.1 Å². The number of aryl methyl sites for hydroxylation is 2. The third kappa shape index (κ3) is 3.23. The Kier molecular flexibility index (Phi) is 4.29. The minimum Gasteiger partial charge on any atom is -0.483 e. The predicted molar refractivity (Wildman–Crippen MR) is 79.3 cm³/mol. The van der Waals surface area contributed by atoms with Crippen LogP contribution in [0.25, 0.3) is 11.0 Å². The lowest BCUT2D eigenvalue weighted by Gasteiger charge is -2.11. The van der Waals surface area contributed by atoms with Gasteiger partial charge in [0.2, 0.25) is 0 Å². The Morgan fingerprint density at radius 2 is 2.19 bits per heavy atom. The van der Waals surface area contributed by atoms with E-state index < -0.39 is 5.63 Å². The summed E-state index contributed by atoms with van der Waals surface area (Å²) < 4.78 is 10.7. The first kappa shape index (κ1) is 14.7. The van der Waals surface area contributed by atoms with Gasteiger partial charge in [-0.05, 0) is 31.5 Å². The molecule has 1 aromatic heterocycles. The third-order valence-electron chi connectivity index (χ3n) is 3.06. The molecule has 0 atom stereocenters. The first-order chi connectivity index (χ1) is 10.0. The Morgan fingerprint density at radius 3 is 2.90 bits per heavy atom. The van der Waals surface area contributed by atoms with Crippen LogP contribution in [-0.2, 0) is 4.79 Å². The number of benzene rings is 1. The Hall–Kier alpha value is -2.74. The van der Waals surface area contributed by atoms with Crippen LogP contribution in [-0.4, -0.2) is 19.1 Å². The fourth-order valence-electron chi connectivity index (χ4n) is 2.00. The van der Waals surface area contributed by atoms with Crippen LogP contribution < -0.4 is 15.7 Å². The Labute approximate surface area is 121 Å². The van der Waals surface area contributed by atoms with Crippen LogP contribution in [0, 0.1) is 26.2 Å². The zero-order valence-corrected chi connectivity index (χ0v) is 11.9. The van der Waals surface area contributed by atoms with Gasteiger partial charge in [-0.25, -0.2) is 4.79 Å². The number of amides is 1. The molecule has 2 rings (SSSR count). The van der Waals surface area contributed by atoms with Crippen molar-refractivity contribution in [3.63, 3.8) is 0 Å². The van der Waals surface area contributed by atoms with Crippen molar-refractivity contribution in [3.05, 3.63) is 39.7 Å². The largest absolute Gasteiger partial charge is 0.483 e. The summed E-state index contributed by atoms with van der Waals surface area (Å²) in [6.45, 7) is 3.63. The van der Waals surface area contributed by atoms with E-state index >= 15 is 0 Å². The van der Waals surface area contributed by atoms with Gasteiger partial charge >= 0.3 is 5.63 Å². The average Bonchev–Trinajstić information content (AvgIpc) is 2.45. The molecule has 108 valence electrons. The fraction of sp³-hybridized carbons (Fsp3) is 0.250. The number of terminal acetylenes is 1. The van der Waals surface area contributed by atoms with Crippen LogP contribution in [0.15, 0.2) is 27.4 Å². The van der Waals surface area contributed by atoms with Crippen molar-refractivity contribution in [1.82, 2.24) is 5.32 Å².